The smallest absolute Gasteiger partial charge is 0.315 e. The van der Waals surface area contributed by atoms with Gasteiger partial charge in [0, 0.05) is 48.4 Å². The van der Waals surface area contributed by atoms with Crippen LogP contribution in [0.3, 0.4) is 0 Å². The second-order valence-corrected chi connectivity index (χ2v) is 9.91. The topological polar surface area (TPSA) is 148 Å². The Bertz CT molecular complexity index is 1570. The summed E-state index contributed by atoms with van der Waals surface area (Å²) >= 11 is 0. The summed E-state index contributed by atoms with van der Waals surface area (Å²) in [5.41, 5.74) is 11.5. The fourth-order valence-electron chi connectivity index (χ4n) is 5.42. The molecule has 2 fully saturated rings. The summed E-state index contributed by atoms with van der Waals surface area (Å²) in [6, 6.07) is 13.0. The van der Waals surface area contributed by atoms with Crippen LogP contribution in [-0.2, 0) is 4.79 Å². The number of nitrogens with two attached hydrogens (primary N) is 1. The van der Waals surface area contributed by atoms with Crippen molar-refractivity contribution in [1.29, 1.82) is 0 Å². The Morgan fingerprint density at radius 3 is 2.44 bits per heavy atom. The van der Waals surface area contributed by atoms with E-state index in [0.717, 1.165) is 22.4 Å². The molecule has 0 saturated carbocycles. The number of ketones is 1. The Labute approximate surface area is 224 Å². The maximum absolute atomic E-state index is 12.8. The number of carbonyl (C=O) groups is 3. The van der Waals surface area contributed by atoms with E-state index in [9.17, 15) is 14.4 Å². The van der Waals surface area contributed by atoms with Crippen LogP contribution in [0.25, 0.3) is 28.0 Å². The molecule has 0 bridgehead atoms. The minimum absolute atomic E-state index is 0.0575. The lowest BCUT2D eigenvalue weighted by molar-refractivity contribution is -0.133. The largest absolute Gasteiger partial charge is 0.383 e. The predicted molar refractivity (Wildman–Crippen MR) is 145 cm³/mol. The number of urea groups is 1. The van der Waals surface area contributed by atoms with Crippen molar-refractivity contribution in [2.45, 2.75) is 31.7 Å². The number of nitrogen functional groups attached to an aromatic ring is 1. The Kier molecular flexibility index (Phi) is 6.18. The van der Waals surface area contributed by atoms with Crippen LogP contribution in [0.4, 0.5) is 10.6 Å². The monoisotopic (exact) mass is 524 g/mol. The van der Waals surface area contributed by atoms with Crippen LogP contribution >= 0.6 is 0 Å². The summed E-state index contributed by atoms with van der Waals surface area (Å²) in [7, 11) is 0. The van der Waals surface area contributed by atoms with Gasteiger partial charge in [0.2, 0.25) is 5.91 Å². The average molecular weight is 525 g/mol. The van der Waals surface area contributed by atoms with E-state index in [1.807, 2.05) is 42.5 Å². The number of hydrogen-bond acceptors (Lipinski definition) is 7. The number of amides is 3. The Morgan fingerprint density at radius 2 is 1.79 bits per heavy atom. The third-order valence-electron chi connectivity index (χ3n) is 7.47. The van der Waals surface area contributed by atoms with Gasteiger partial charge in [0.05, 0.1) is 23.1 Å². The quantitative estimate of drug-likeness (QED) is 0.340. The summed E-state index contributed by atoms with van der Waals surface area (Å²) in [6.07, 6.45) is 4.73. The minimum Gasteiger partial charge on any atom is -0.383 e. The van der Waals surface area contributed by atoms with E-state index in [-0.39, 0.29) is 36.0 Å². The van der Waals surface area contributed by atoms with Crippen molar-refractivity contribution in [3.8, 4) is 22.4 Å². The van der Waals surface area contributed by atoms with Gasteiger partial charge in [-0.05, 0) is 25.8 Å². The van der Waals surface area contributed by atoms with Crippen molar-refractivity contribution in [3.63, 3.8) is 0 Å². The fraction of sp³-hybridized carbons (Fsp3) is 0.286. The second-order valence-electron chi connectivity index (χ2n) is 9.91. The molecular formula is C28H28N8O3. The number of Topliss-reactive ketones (excluding diaryl/α,β-unsaturated/α-hetero) is 1. The van der Waals surface area contributed by atoms with Crippen LogP contribution < -0.4 is 16.4 Å². The van der Waals surface area contributed by atoms with Gasteiger partial charge in [0.1, 0.15) is 11.9 Å². The van der Waals surface area contributed by atoms with E-state index >= 15 is 0 Å². The normalized spacial score (nSPS) is 17.7. The van der Waals surface area contributed by atoms with Gasteiger partial charge in [-0.25, -0.2) is 9.78 Å². The molecule has 3 aromatic heterocycles. The SMILES string of the molecule is CC(=O)c1c(C2CCN(C(=O)[C@H]3CNC(=O)N3)CC2)nc2c(-c3ccc(-c4ccccc4)nc3)cnn2c1N. The molecule has 39 heavy (non-hydrogen) atoms. The Morgan fingerprint density at radius 1 is 1.03 bits per heavy atom. The van der Waals surface area contributed by atoms with Gasteiger partial charge in [-0.3, -0.25) is 14.6 Å². The Hall–Kier alpha value is -4.80. The highest BCUT2D eigenvalue weighted by molar-refractivity contribution is 6.00. The van der Waals surface area contributed by atoms with Crippen molar-refractivity contribution in [2.75, 3.05) is 25.4 Å². The van der Waals surface area contributed by atoms with Crippen LogP contribution in [0.5, 0.6) is 0 Å². The summed E-state index contributed by atoms with van der Waals surface area (Å²) < 4.78 is 1.51. The third kappa shape index (κ3) is 4.45. The number of rotatable bonds is 5. The molecule has 4 N–H and O–H groups in total. The van der Waals surface area contributed by atoms with Crippen LogP contribution in [0.1, 0.15) is 41.7 Å². The van der Waals surface area contributed by atoms with E-state index in [1.54, 1.807) is 17.3 Å². The predicted octanol–water partition coefficient (Wildman–Crippen LogP) is 2.63. The molecule has 0 radical (unpaired) electrons. The lowest BCUT2D eigenvalue weighted by Crippen LogP contribution is -2.48. The van der Waals surface area contributed by atoms with E-state index < -0.39 is 6.04 Å². The zero-order valence-electron chi connectivity index (χ0n) is 21.4. The molecular weight excluding hydrogens is 496 g/mol. The number of piperidine rings is 1. The van der Waals surface area contributed by atoms with Crippen molar-refractivity contribution in [1.82, 2.24) is 35.1 Å². The lowest BCUT2D eigenvalue weighted by Gasteiger charge is -2.33. The van der Waals surface area contributed by atoms with Gasteiger partial charge in [-0.15, -0.1) is 0 Å². The number of carbonyl (C=O) groups excluding carboxylic acids is 3. The highest BCUT2D eigenvalue weighted by atomic mass is 16.2. The highest BCUT2D eigenvalue weighted by Gasteiger charge is 2.34. The van der Waals surface area contributed by atoms with E-state index in [4.69, 9.17) is 10.7 Å². The number of aromatic nitrogens is 4. The molecule has 198 valence electrons. The van der Waals surface area contributed by atoms with Crippen molar-refractivity contribution in [2.24, 2.45) is 0 Å². The van der Waals surface area contributed by atoms with Crippen molar-refractivity contribution >= 4 is 29.2 Å². The summed E-state index contributed by atoms with van der Waals surface area (Å²) in [6.45, 7) is 2.76. The first-order chi connectivity index (χ1) is 18.9. The van der Waals surface area contributed by atoms with E-state index in [0.29, 0.717) is 42.8 Å². The molecule has 11 nitrogen and oxygen atoms in total. The first-order valence-electron chi connectivity index (χ1n) is 12.9. The number of nitrogens with one attached hydrogen (secondary N) is 2. The fourth-order valence-corrected chi connectivity index (χ4v) is 5.42. The zero-order chi connectivity index (χ0) is 27.1. The molecule has 2 aliphatic rings. The van der Waals surface area contributed by atoms with Crippen molar-refractivity contribution < 1.29 is 14.4 Å². The highest BCUT2D eigenvalue weighted by Crippen LogP contribution is 2.35. The molecule has 5 heterocycles. The number of likely N-dealkylation sites (tertiary alicyclic amines) is 1. The number of fused-ring (bicyclic) bond motifs is 1. The summed E-state index contributed by atoms with van der Waals surface area (Å²) in [5.74, 6) is -0.0918. The van der Waals surface area contributed by atoms with Crippen LogP contribution in [0.2, 0.25) is 0 Å². The average Bonchev–Trinajstić information content (AvgIpc) is 3.59. The molecule has 0 spiro atoms. The van der Waals surface area contributed by atoms with E-state index in [2.05, 4.69) is 20.7 Å². The first kappa shape index (κ1) is 24.5. The van der Waals surface area contributed by atoms with Gasteiger partial charge in [-0.2, -0.15) is 9.61 Å². The third-order valence-corrected chi connectivity index (χ3v) is 7.47. The number of hydrogen-bond donors (Lipinski definition) is 3. The minimum atomic E-state index is -0.553. The van der Waals surface area contributed by atoms with Gasteiger partial charge in [0.25, 0.3) is 0 Å². The van der Waals surface area contributed by atoms with Gasteiger partial charge in [-0.1, -0.05) is 36.4 Å². The van der Waals surface area contributed by atoms with Gasteiger partial charge < -0.3 is 21.3 Å². The number of benzene rings is 1. The number of anilines is 1. The maximum atomic E-state index is 12.8. The molecule has 0 unspecified atom stereocenters. The molecule has 1 aromatic carbocycles. The molecule has 11 heteroatoms. The Balaban J connectivity index is 1.30. The van der Waals surface area contributed by atoms with Gasteiger partial charge in [0.15, 0.2) is 11.4 Å². The maximum Gasteiger partial charge on any atom is 0.315 e. The van der Waals surface area contributed by atoms with Crippen LogP contribution in [-0.4, -0.2) is 67.9 Å². The molecule has 0 aliphatic carbocycles. The first-order valence-corrected chi connectivity index (χ1v) is 12.9. The molecule has 2 aliphatic heterocycles. The number of nitrogens with zero attached hydrogens (tertiary/aromatic N) is 5. The summed E-state index contributed by atoms with van der Waals surface area (Å²) in [4.78, 5) is 48.4. The van der Waals surface area contributed by atoms with Gasteiger partial charge >= 0.3 is 6.03 Å². The molecule has 2 saturated heterocycles. The number of pyridine rings is 1. The standard InChI is InChI=1S/C28H28N8O3/c1-16(37)23-24(18-9-11-35(12-10-18)27(38)22-15-31-28(39)33-22)34-26-20(14-32-36(26)25(23)29)19-7-8-21(30-13-19)17-5-3-2-4-6-17/h2-8,13-14,18,22H,9-12,15,29H2,1H3,(H2,31,33,39)/t22-/m1/s1. The lowest BCUT2D eigenvalue weighted by atomic mass is 9.89. The molecule has 4 aromatic rings. The molecule has 1 atom stereocenters. The molecule has 6 rings (SSSR count). The summed E-state index contributed by atoms with van der Waals surface area (Å²) in [5, 5.41) is 9.72. The zero-order valence-corrected chi connectivity index (χ0v) is 21.4. The molecule has 3 amide bonds. The van der Waals surface area contributed by atoms with Crippen molar-refractivity contribution in [3.05, 3.63) is 66.1 Å². The van der Waals surface area contributed by atoms with Crippen LogP contribution in [0.15, 0.2) is 54.9 Å². The second kappa shape index (κ2) is 9.82. The van der Waals surface area contributed by atoms with E-state index in [1.165, 1.54) is 11.4 Å². The van der Waals surface area contributed by atoms with Crippen LogP contribution in [0, 0.1) is 0 Å².